The number of rotatable bonds is 5. The SMILES string of the molecule is CSc1nnc(C2CCN(S(=O)(=O)c3ccc(Cl)cc3)CC2)n1-c1cccc(C(F)(F)F)c1. The number of halogens is 4. The van der Waals surface area contributed by atoms with Gasteiger partial charge in [-0.25, -0.2) is 8.42 Å². The summed E-state index contributed by atoms with van der Waals surface area (Å²) in [6, 6.07) is 11.0. The fraction of sp³-hybridized carbons (Fsp3) is 0.333. The van der Waals surface area contributed by atoms with Gasteiger partial charge < -0.3 is 0 Å². The molecule has 1 saturated heterocycles. The van der Waals surface area contributed by atoms with Gasteiger partial charge in [0.05, 0.1) is 16.1 Å². The van der Waals surface area contributed by atoms with Crippen molar-refractivity contribution in [3.05, 3.63) is 64.9 Å². The molecular formula is C21H20ClF3N4O2S2. The Balaban J connectivity index is 1.59. The van der Waals surface area contributed by atoms with Crippen LogP contribution in [0.1, 0.15) is 30.1 Å². The molecule has 176 valence electrons. The van der Waals surface area contributed by atoms with Gasteiger partial charge in [-0.1, -0.05) is 29.4 Å². The van der Waals surface area contributed by atoms with Crippen LogP contribution in [0.2, 0.25) is 5.02 Å². The number of aromatic nitrogens is 3. The molecule has 33 heavy (non-hydrogen) atoms. The van der Waals surface area contributed by atoms with Crippen molar-refractivity contribution in [3.63, 3.8) is 0 Å². The third-order valence-electron chi connectivity index (χ3n) is 5.54. The van der Waals surface area contributed by atoms with Gasteiger partial charge in [0.2, 0.25) is 10.0 Å². The standard InChI is InChI=1S/C21H20ClF3N4O2S2/c1-32-20-27-26-19(29(20)17-4-2-3-15(13-17)21(23,24)25)14-9-11-28(12-10-14)33(30,31)18-7-5-16(22)6-8-18/h2-8,13-14H,9-12H2,1H3. The molecule has 0 amide bonds. The van der Waals surface area contributed by atoms with E-state index in [2.05, 4.69) is 10.2 Å². The lowest BCUT2D eigenvalue weighted by Gasteiger charge is -2.31. The van der Waals surface area contributed by atoms with E-state index in [1.807, 2.05) is 0 Å². The normalized spacial score (nSPS) is 16.3. The Bertz CT molecular complexity index is 1240. The Kier molecular flexibility index (Phi) is 6.77. The van der Waals surface area contributed by atoms with Crippen molar-refractivity contribution in [1.29, 1.82) is 0 Å². The molecule has 2 heterocycles. The highest BCUT2D eigenvalue weighted by Gasteiger charge is 2.34. The maximum Gasteiger partial charge on any atom is 0.416 e. The lowest BCUT2D eigenvalue weighted by Crippen LogP contribution is -2.38. The number of sulfonamides is 1. The zero-order valence-corrected chi connectivity index (χ0v) is 19.8. The van der Waals surface area contributed by atoms with E-state index in [0.29, 0.717) is 34.5 Å². The summed E-state index contributed by atoms with van der Waals surface area (Å²) in [6.45, 7) is 0.527. The van der Waals surface area contributed by atoms with E-state index in [4.69, 9.17) is 11.6 Å². The molecule has 2 aromatic carbocycles. The molecule has 0 spiro atoms. The zero-order valence-electron chi connectivity index (χ0n) is 17.5. The molecule has 0 radical (unpaired) electrons. The average molecular weight is 517 g/mol. The third-order valence-corrected chi connectivity index (χ3v) is 8.34. The largest absolute Gasteiger partial charge is 0.416 e. The highest BCUT2D eigenvalue weighted by Crippen LogP contribution is 2.35. The molecule has 0 N–H and O–H groups in total. The van der Waals surface area contributed by atoms with Crippen LogP contribution in [0.3, 0.4) is 0 Å². The second-order valence-corrected chi connectivity index (χ2v) is 10.7. The van der Waals surface area contributed by atoms with Gasteiger partial charge in [0, 0.05) is 24.0 Å². The summed E-state index contributed by atoms with van der Waals surface area (Å²) in [7, 11) is -3.67. The van der Waals surface area contributed by atoms with E-state index in [1.54, 1.807) is 16.9 Å². The lowest BCUT2D eigenvalue weighted by molar-refractivity contribution is -0.137. The van der Waals surface area contributed by atoms with Crippen molar-refractivity contribution in [1.82, 2.24) is 19.1 Å². The van der Waals surface area contributed by atoms with Crippen molar-refractivity contribution < 1.29 is 21.6 Å². The Morgan fingerprint density at radius 2 is 1.73 bits per heavy atom. The van der Waals surface area contributed by atoms with Crippen LogP contribution in [-0.2, 0) is 16.2 Å². The average Bonchev–Trinajstić information content (AvgIpc) is 3.23. The van der Waals surface area contributed by atoms with E-state index in [0.717, 1.165) is 12.1 Å². The van der Waals surface area contributed by atoms with Crippen LogP contribution in [0.5, 0.6) is 0 Å². The van der Waals surface area contributed by atoms with Gasteiger partial charge in [-0.05, 0) is 61.6 Å². The summed E-state index contributed by atoms with van der Waals surface area (Å²) in [5.41, 5.74) is -0.430. The first kappa shape index (κ1) is 24.1. The summed E-state index contributed by atoms with van der Waals surface area (Å²) in [6.07, 6.45) is -1.75. The van der Waals surface area contributed by atoms with Crippen molar-refractivity contribution in [2.75, 3.05) is 19.3 Å². The molecule has 4 rings (SSSR count). The molecule has 1 aromatic heterocycles. The van der Waals surface area contributed by atoms with Gasteiger partial charge >= 0.3 is 6.18 Å². The van der Waals surface area contributed by atoms with Crippen LogP contribution in [0.15, 0.2) is 58.6 Å². The summed E-state index contributed by atoms with van der Waals surface area (Å²) < 4.78 is 68.7. The van der Waals surface area contributed by atoms with Gasteiger partial charge in [-0.15, -0.1) is 10.2 Å². The van der Waals surface area contributed by atoms with E-state index < -0.39 is 21.8 Å². The molecular weight excluding hydrogens is 497 g/mol. The second-order valence-electron chi connectivity index (χ2n) is 7.56. The number of thioether (sulfide) groups is 1. The first-order chi connectivity index (χ1) is 15.6. The molecule has 12 heteroatoms. The summed E-state index contributed by atoms with van der Waals surface area (Å²) >= 11 is 7.14. The van der Waals surface area contributed by atoms with Crippen LogP contribution in [-0.4, -0.2) is 46.8 Å². The number of alkyl halides is 3. The molecule has 1 aliphatic rings. The summed E-state index contributed by atoms with van der Waals surface area (Å²) in [4.78, 5) is 0.169. The monoisotopic (exact) mass is 516 g/mol. The topological polar surface area (TPSA) is 68.1 Å². The van der Waals surface area contributed by atoms with Crippen molar-refractivity contribution >= 4 is 33.4 Å². The predicted molar refractivity (Wildman–Crippen MR) is 120 cm³/mol. The smallest absolute Gasteiger partial charge is 0.274 e. The number of piperidine rings is 1. The molecule has 6 nitrogen and oxygen atoms in total. The summed E-state index contributed by atoms with van der Waals surface area (Å²) in [5.74, 6) is 0.381. The van der Waals surface area contributed by atoms with Gasteiger partial charge in [0.25, 0.3) is 0 Å². The first-order valence-electron chi connectivity index (χ1n) is 10.0. The maximum atomic E-state index is 13.2. The van der Waals surface area contributed by atoms with Crippen molar-refractivity contribution in [3.8, 4) is 5.69 Å². The number of benzene rings is 2. The molecule has 0 aliphatic carbocycles. The van der Waals surface area contributed by atoms with E-state index in [-0.39, 0.29) is 23.9 Å². The fourth-order valence-corrected chi connectivity index (χ4v) is 5.95. The molecule has 0 unspecified atom stereocenters. The fourth-order valence-electron chi connectivity index (χ4n) is 3.85. The first-order valence-corrected chi connectivity index (χ1v) is 13.1. The molecule has 3 aromatic rings. The maximum absolute atomic E-state index is 13.2. The van der Waals surface area contributed by atoms with E-state index in [1.165, 1.54) is 46.4 Å². The Morgan fingerprint density at radius 1 is 1.06 bits per heavy atom. The van der Waals surface area contributed by atoms with Gasteiger partial charge in [0.1, 0.15) is 5.82 Å². The number of hydrogen-bond acceptors (Lipinski definition) is 5. The van der Waals surface area contributed by atoms with Crippen molar-refractivity contribution in [2.45, 2.75) is 35.0 Å². The van der Waals surface area contributed by atoms with E-state index >= 15 is 0 Å². The van der Waals surface area contributed by atoms with Crippen molar-refractivity contribution in [2.24, 2.45) is 0 Å². The minimum Gasteiger partial charge on any atom is -0.274 e. The second kappa shape index (κ2) is 9.28. The third kappa shape index (κ3) is 4.91. The van der Waals surface area contributed by atoms with Crippen LogP contribution in [0.4, 0.5) is 13.2 Å². The Labute approximate surface area is 198 Å². The van der Waals surface area contributed by atoms with Gasteiger partial charge in [0.15, 0.2) is 5.16 Å². The van der Waals surface area contributed by atoms with Crippen LogP contribution in [0.25, 0.3) is 5.69 Å². The van der Waals surface area contributed by atoms with E-state index in [9.17, 15) is 21.6 Å². The minimum atomic E-state index is -4.47. The van der Waals surface area contributed by atoms with Crippen LogP contribution in [0, 0.1) is 0 Å². The highest BCUT2D eigenvalue weighted by molar-refractivity contribution is 7.98. The van der Waals surface area contributed by atoms with Crippen LogP contribution >= 0.6 is 23.4 Å². The molecule has 1 aliphatic heterocycles. The quantitative estimate of drug-likeness (QED) is 0.434. The predicted octanol–water partition coefficient (Wildman–Crippen LogP) is 5.23. The Hall–Kier alpha value is -2.08. The number of hydrogen-bond donors (Lipinski definition) is 0. The molecule has 0 bridgehead atoms. The van der Waals surface area contributed by atoms with Gasteiger partial charge in [-0.3, -0.25) is 4.57 Å². The summed E-state index contributed by atoms with van der Waals surface area (Å²) in [5, 5.41) is 9.34. The lowest BCUT2D eigenvalue weighted by atomic mass is 9.97. The highest BCUT2D eigenvalue weighted by atomic mass is 35.5. The number of nitrogens with zero attached hydrogens (tertiary/aromatic N) is 4. The molecule has 0 atom stereocenters. The molecule has 1 fully saturated rings. The zero-order chi connectivity index (χ0) is 23.8. The van der Waals surface area contributed by atoms with Gasteiger partial charge in [-0.2, -0.15) is 17.5 Å². The Morgan fingerprint density at radius 3 is 2.33 bits per heavy atom. The van der Waals surface area contributed by atoms with Crippen LogP contribution < -0.4 is 0 Å². The minimum absolute atomic E-state index is 0.149. The molecule has 0 saturated carbocycles.